The van der Waals surface area contributed by atoms with Gasteiger partial charge >= 0.3 is 0 Å². The molecule has 0 radical (unpaired) electrons. The number of hydrogen-bond acceptors (Lipinski definition) is 2. The van der Waals surface area contributed by atoms with Crippen molar-refractivity contribution in [2.24, 2.45) is 5.73 Å². The van der Waals surface area contributed by atoms with Crippen LogP contribution in [-0.2, 0) is 0 Å². The number of nitrogens with zero attached hydrogens (tertiary/aromatic N) is 1. The molecule has 0 aliphatic heterocycles. The Morgan fingerprint density at radius 1 is 1.27 bits per heavy atom. The Labute approximate surface area is 69.8 Å². The molecule has 1 fully saturated rings. The predicted octanol–water partition coefficient (Wildman–Crippen LogP) is 1.56. The van der Waals surface area contributed by atoms with Gasteiger partial charge in [-0.25, -0.2) is 0 Å². The van der Waals surface area contributed by atoms with Crippen molar-refractivity contribution in [3.05, 3.63) is 0 Å². The molecule has 0 saturated heterocycles. The van der Waals surface area contributed by atoms with Crippen LogP contribution in [0.25, 0.3) is 0 Å². The standard InChI is InChI=1S/C9H20N2/c1-2-11(8-10)9-6-4-3-5-7-9/h9H,2-8,10H2,1H3. The maximum atomic E-state index is 5.64. The van der Waals surface area contributed by atoms with Gasteiger partial charge in [-0.2, -0.15) is 0 Å². The molecular weight excluding hydrogens is 136 g/mol. The van der Waals surface area contributed by atoms with Crippen molar-refractivity contribution in [2.45, 2.75) is 45.1 Å². The maximum absolute atomic E-state index is 5.64. The minimum atomic E-state index is 0.737. The van der Waals surface area contributed by atoms with Gasteiger partial charge in [0.05, 0.1) is 0 Å². The highest BCUT2D eigenvalue weighted by Gasteiger charge is 2.17. The summed E-state index contributed by atoms with van der Waals surface area (Å²) in [6, 6.07) is 0.791. The molecule has 0 aromatic rings. The van der Waals surface area contributed by atoms with Crippen LogP contribution in [0.5, 0.6) is 0 Å². The third-order valence-corrected chi connectivity index (χ3v) is 2.73. The van der Waals surface area contributed by atoms with Crippen molar-refractivity contribution >= 4 is 0 Å². The second-order valence-corrected chi connectivity index (χ2v) is 3.38. The number of rotatable bonds is 3. The Morgan fingerprint density at radius 3 is 2.36 bits per heavy atom. The van der Waals surface area contributed by atoms with Crippen LogP contribution in [0.15, 0.2) is 0 Å². The van der Waals surface area contributed by atoms with E-state index in [4.69, 9.17) is 5.73 Å². The zero-order chi connectivity index (χ0) is 8.10. The SMILES string of the molecule is CCN(CN)C1CCCCC1. The van der Waals surface area contributed by atoms with E-state index in [0.717, 1.165) is 19.3 Å². The topological polar surface area (TPSA) is 29.3 Å². The Bertz CT molecular complexity index is 93.7. The van der Waals surface area contributed by atoms with Crippen molar-refractivity contribution in [2.75, 3.05) is 13.2 Å². The van der Waals surface area contributed by atoms with Crippen LogP contribution in [-0.4, -0.2) is 24.2 Å². The van der Waals surface area contributed by atoms with E-state index < -0.39 is 0 Å². The lowest BCUT2D eigenvalue weighted by Crippen LogP contribution is -2.40. The van der Waals surface area contributed by atoms with Gasteiger partial charge in [0.15, 0.2) is 0 Å². The van der Waals surface area contributed by atoms with Gasteiger partial charge in [-0.15, -0.1) is 0 Å². The first-order chi connectivity index (χ1) is 5.38. The molecule has 0 aromatic heterocycles. The van der Waals surface area contributed by atoms with Crippen molar-refractivity contribution in [1.82, 2.24) is 4.90 Å². The largest absolute Gasteiger partial charge is 0.318 e. The van der Waals surface area contributed by atoms with E-state index in [9.17, 15) is 0 Å². The molecular formula is C9H20N2. The normalized spacial score (nSPS) is 21.0. The van der Waals surface area contributed by atoms with E-state index in [0.29, 0.717) is 0 Å². The van der Waals surface area contributed by atoms with E-state index in [1.165, 1.54) is 32.1 Å². The van der Waals surface area contributed by atoms with Crippen LogP contribution < -0.4 is 5.73 Å². The fraction of sp³-hybridized carbons (Fsp3) is 1.00. The zero-order valence-corrected chi connectivity index (χ0v) is 7.55. The quantitative estimate of drug-likeness (QED) is 0.628. The van der Waals surface area contributed by atoms with Crippen LogP contribution in [0.3, 0.4) is 0 Å². The van der Waals surface area contributed by atoms with Crippen molar-refractivity contribution < 1.29 is 0 Å². The van der Waals surface area contributed by atoms with E-state index in [2.05, 4.69) is 11.8 Å². The van der Waals surface area contributed by atoms with Gasteiger partial charge in [-0.3, -0.25) is 4.90 Å². The summed E-state index contributed by atoms with van der Waals surface area (Å²) in [7, 11) is 0. The summed E-state index contributed by atoms with van der Waals surface area (Å²) in [6.07, 6.45) is 6.97. The van der Waals surface area contributed by atoms with Crippen molar-refractivity contribution in [1.29, 1.82) is 0 Å². The van der Waals surface area contributed by atoms with Gasteiger partial charge in [0.2, 0.25) is 0 Å². The van der Waals surface area contributed by atoms with Crippen molar-refractivity contribution in [3.8, 4) is 0 Å². The minimum absolute atomic E-state index is 0.737. The lowest BCUT2D eigenvalue weighted by Gasteiger charge is -2.32. The summed E-state index contributed by atoms with van der Waals surface area (Å²) in [5, 5.41) is 0. The van der Waals surface area contributed by atoms with E-state index in [1.807, 2.05) is 0 Å². The van der Waals surface area contributed by atoms with Gasteiger partial charge in [0, 0.05) is 12.7 Å². The van der Waals surface area contributed by atoms with Gasteiger partial charge in [0.1, 0.15) is 0 Å². The first-order valence-corrected chi connectivity index (χ1v) is 4.82. The van der Waals surface area contributed by atoms with Gasteiger partial charge in [0.25, 0.3) is 0 Å². The highest BCUT2D eigenvalue weighted by molar-refractivity contribution is 4.73. The smallest absolute Gasteiger partial charge is 0.0457 e. The molecule has 2 nitrogen and oxygen atoms in total. The Kier molecular flexibility index (Phi) is 3.87. The van der Waals surface area contributed by atoms with Crippen LogP contribution in [0.1, 0.15) is 39.0 Å². The summed E-state index contributed by atoms with van der Waals surface area (Å²) < 4.78 is 0. The molecule has 0 heterocycles. The fourth-order valence-electron chi connectivity index (χ4n) is 1.98. The average molecular weight is 156 g/mol. The molecule has 1 rings (SSSR count). The van der Waals surface area contributed by atoms with E-state index in [1.54, 1.807) is 0 Å². The second kappa shape index (κ2) is 4.73. The van der Waals surface area contributed by atoms with Crippen LogP contribution in [0.2, 0.25) is 0 Å². The summed E-state index contributed by atoms with van der Waals surface area (Å²) in [5.41, 5.74) is 5.64. The van der Waals surface area contributed by atoms with Crippen molar-refractivity contribution in [3.63, 3.8) is 0 Å². The lowest BCUT2D eigenvalue weighted by atomic mass is 9.94. The van der Waals surface area contributed by atoms with Gasteiger partial charge < -0.3 is 5.73 Å². The first-order valence-electron chi connectivity index (χ1n) is 4.82. The molecule has 2 N–H and O–H groups in total. The van der Waals surface area contributed by atoms with E-state index >= 15 is 0 Å². The second-order valence-electron chi connectivity index (χ2n) is 3.38. The Hall–Kier alpha value is -0.0800. The molecule has 0 amide bonds. The highest BCUT2D eigenvalue weighted by atomic mass is 15.2. The molecule has 1 aliphatic rings. The highest BCUT2D eigenvalue weighted by Crippen LogP contribution is 2.21. The number of nitrogens with two attached hydrogens (primary N) is 1. The molecule has 0 bridgehead atoms. The third kappa shape index (κ3) is 2.46. The zero-order valence-electron chi connectivity index (χ0n) is 7.55. The lowest BCUT2D eigenvalue weighted by molar-refractivity contribution is 0.168. The molecule has 2 heteroatoms. The molecule has 66 valence electrons. The molecule has 0 spiro atoms. The summed E-state index contributed by atoms with van der Waals surface area (Å²) in [5.74, 6) is 0. The fourth-order valence-corrected chi connectivity index (χ4v) is 1.98. The molecule has 0 atom stereocenters. The average Bonchev–Trinajstić information content (AvgIpc) is 2.09. The Balaban J connectivity index is 2.30. The number of hydrogen-bond donors (Lipinski definition) is 1. The van der Waals surface area contributed by atoms with Gasteiger partial charge in [-0.05, 0) is 19.4 Å². The van der Waals surface area contributed by atoms with Gasteiger partial charge in [-0.1, -0.05) is 26.2 Å². The molecule has 1 saturated carbocycles. The first kappa shape index (κ1) is 9.01. The van der Waals surface area contributed by atoms with Crippen LogP contribution in [0.4, 0.5) is 0 Å². The Morgan fingerprint density at radius 2 is 1.91 bits per heavy atom. The van der Waals surface area contributed by atoms with Crippen LogP contribution in [0, 0.1) is 0 Å². The monoisotopic (exact) mass is 156 g/mol. The third-order valence-electron chi connectivity index (χ3n) is 2.73. The van der Waals surface area contributed by atoms with Crippen LogP contribution >= 0.6 is 0 Å². The summed E-state index contributed by atoms with van der Waals surface area (Å²) in [4.78, 5) is 2.39. The maximum Gasteiger partial charge on any atom is 0.0457 e. The summed E-state index contributed by atoms with van der Waals surface area (Å²) in [6.45, 7) is 4.05. The molecule has 11 heavy (non-hydrogen) atoms. The molecule has 0 unspecified atom stereocenters. The van der Waals surface area contributed by atoms with E-state index in [-0.39, 0.29) is 0 Å². The minimum Gasteiger partial charge on any atom is -0.318 e. The molecule has 0 aromatic carbocycles. The predicted molar refractivity (Wildman–Crippen MR) is 48.3 cm³/mol. The summed E-state index contributed by atoms with van der Waals surface area (Å²) >= 11 is 0. The molecule has 1 aliphatic carbocycles.